The van der Waals surface area contributed by atoms with Crippen LogP contribution in [0.2, 0.25) is 0 Å². The maximum absolute atomic E-state index is 14.5. The number of methoxy groups -OCH3 is 1. The van der Waals surface area contributed by atoms with Crippen LogP contribution >= 0.6 is 0 Å². The third-order valence-corrected chi connectivity index (χ3v) is 12.8. The Hall–Kier alpha value is -3.22. The molecule has 2 bridgehead atoms. The van der Waals surface area contributed by atoms with E-state index in [1.54, 1.807) is 19.1 Å². The number of anilines is 1. The van der Waals surface area contributed by atoms with Gasteiger partial charge < -0.3 is 30.3 Å². The maximum atomic E-state index is 14.5. The fourth-order valence-electron chi connectivity index (χ4n) is 9.52. The van der Waals surface area contributed by atoms with Crippen molar-refractivity contribution in [2.75, 3.05) is 60.8 Å². The van der Waals surface area contributed by atoms with Crippen molar-refractivity contribution >= 4 is 17.5 Å². The predicted molar refractivity (Wildman–Crippen MR) is 221 cm³/mol. The van der Waals surface area contributed by atoms with Crippen molar-refractivity contribution in [1.29, 1.82) is 0 Å². The summed E-state index contributed by atoms with van der Waals surface area (Å²) < 4.78 is 6.16. The Bertz CT molecular complexity index is 1670. The van der Waals surface area contributed by atoms with Gasteiger partial charge in [0, 0.05) is 55.0 Å². The first-order valence-corrected chi connectivity index (χ1v) is 20.2. The van der Waals surface area contributed by atoms with Gasteiger partial charge in [-0.15, -0.1) is 0 Å². The summed E-state index contributed by atoms with van der Waals surface area (Å²) in [5.41, 5.74) is 4.27. The molecule has 4 aliphatic rings. The molecule has 1 heterocycles. The fourth-order valence-corrected chi connectivity index (χ4v) is 9.52. The molecule has 4 fully saturated rings. The number of ether oxygens (including phenoxy) is 1. The third kappa shape index (κ3) is 9.33. The lowest BCUT2D eigenvalue weighted by Gasteiger charge is -2.62. The largest absolute Gasteiger partial charge is 0.496 e. The van der Waals surface area contributed by atoms with E-state index in [4.69, 9.17) is 9.57 Å². The number of benzene rings is 2. The lowest BCUT2D eigenvalue weighted by atomic mass is 9.45. The summed E-state index contributed by atoms with van der Waals surface area (Å²) in [6.45, 7) is 16.1. The summed E-state index contributed by atoms with van der Waals surface area (Å²) in [6.07, 6.45) is 1.70. The standard InChI is InChI=1S/C44H70N6O5/c1-26-34-21-31(44(34,6)7)22-35(26)45-42(53)39-38(27(2)51)36(25-47(8)9)55-50(39)24-28-16-15-17-33(40(28)54-14)29-18-30(20-32(19-29)48(10)11)41(52)46-37(49(12)13)23-43(3,4)5/h15-20,26-27,31,34-39,51H,21-25H2,1-14H3,(H,45,53)(H,46,52)/t26-,27-,31+,34+,35-,36-,37+,38+,39-/m0/s1. The van der Waals surface area contributed by atoms with Gasteiger partial charge in [-0.25, -0.2) is 0 Å². The Labute approximate surface area is 331 Å². The second kappa shape index (κ2) is 16.7. The molecule has 1 aliphatic heterocycles. The number of aliphatic hydroxyl groups is 1. The molecule has 55 heavy (non-hydrogen) atoms. The molecule has 1 saturated heterocycles. The molecule has 2 aromatic rings. The number of carbonyl (C=O) groups excluding carboxylic acids is 2. The minimum atomic E-state index is -0.774. The van der Waals surface area contributed by atoms with Gasteiger partial charge in [-0.3, -0.25) is 19.3 Å². The van der Waals surface area contributed by atoms with Gasteiger partial charge >= 0.3 is 0 Å². The molecule has 3 saturated carbocycles. The number of amides is 2. The van der Waals surface area contributed by atoms with Gasteiger partial charge in [-0.05, 0) is 107 Å². The monoisotopic (exact) mass is 763 g/mol. The van der Waals surface area contributed by atoms with Crippen LogP contribution in [0.5, 0.6) is 5.75 Å². The van der Waals surface area contributed by atoms with Crippen LogP contribution in [-0.2, 0) is 16.2 Å². The number of nitrogens with one attached hydrogen (secondary N) is 2. The van der Waals surface area contributed by atoms with Crippen LogP contribution in [0.25, 0.3) is 11.1 Å². The van der Waals surface area contributed by atoms with Crippen LogP contribution in [-0.4, -0.2) is 118 Å². The summed E-state index contributed by atoms with van der Waals surface area (Å²) in [7, 11) is 13.5. The van der Waals surface area contributed by atoms with Gasteiger partial charge in [-0.1, -0.05) is 59.7 Å². The molecule has 2 amide bonds. The number of aliphatic hydroxyl groups excluding tert-OH is 1. The van der Waals surface area contributed by atoms with Crippen molar-refractivity contribution in [3.63, 3.8) is 0 Å². The van der Waals surface area contributed by atoms with Crippen molar-refractivity contribution in [3.05, 3.63) is 47.5 Å². The van der Waals surface area contributed by atoms with E-state index < -0.39 is 24.2 Å². The number of hydroxylamine groups is 2. The molecular weight excluding hydrogens is 693 g/mol. The van der Waals surface area contributed by atoms with Crippen molar-refractivity contribution < 1.29 is 24.3 Å². The van der Waals surface area contributed by atoms with E-state index in [9.17, 15) is 14.7 Å². The number of likely N-dealkylation sites (N-methyl/N-ethyl adjacent to an activating group) is 1. The lowest BCUT2D eigenvalue weighted by molar-refractivity contribution is -0.179. The smallest absolute Gasteiger partial charge is 0.252 e. The second-order valence-electron chi connectivity index (χ2n) is 19.2. The van der Waals surface area contributed by atoms with Crippen molar-refractivity contribution in [3.8, 4) is 16.9 Å². The van der Waals surface area contributed by atoms with E-state index >= 15 is 0 Å². The lowest BCUT2D eigenvalue weighted by Crippen LogP contribution is -2.62. The SMILES string of the molecule is COc1c(CN2O[C@@H](CN(C)C)[C@@H]([C@H](C)O)[C@H]2C(=O)N[C@H]2C[C@H]3C[C@H]([C@@H]2C)C3(C)C)cccc1-c1cc(C(=O)N[C@@H](CC(C)(C)C)N(C)C)cc(N(C)C)c1. The zero-order valence-corrected chi connectivity index (χ0v) is 36.1. The number of carbonyl (C=O) groups is 2. The summed E-state index contributed by atoms with van der Waals surface area (Å²) in [5.74, 6) is 1.51. The highest BCUT2D eigenvalue weighted by Crippen LogP contribution is 2.61. The number of para-hydroxylation sites is 1. The molecule has 0 unspecified atom stereocenters. The third-order valence-electron chi connectivity index (χ3n) is 12.8. The first-order chi connectivity index (χ1) is 25.6. The highest BCUT2D eigenvalue weighted by molar-refractivity contribution is 5.97. The average Bonchev–Trinajstić information content (AvgIpc) is 3.44. The Morgan fingerprint density at radius 1 is 1.07 bits per heavy atom. The van der Waals surface area contributed by atoms with Crippen molar-refractivity contribution in [1.82, 2.24) is 25.5 Å². The fraction of sp³-hybridized carbons (Fsp3) is 0.682. The number of hydrogen-bond donors (Lipinski definition) is 3. The van der Waals surface area contributed by atoms with Crippen LogP contribution in [0, 0.1) is 34.5 Å². The quantitative estimate of drug-likeness (QED) is 0.209. The van der Waals surface area contributed by atoms with E-state index in [-0.39, 0.29) is 36.0 Å². The van der Waals surface area contributed by atoms with Gasteiger partial charge in [0.2, 0.25) is 5.91 Å². The van der Waals surface area contributed by atoms with Crippen molar-refractivity contribution in [2.24, 2.45) is 34.5 Å². The normalized spacial score (nSPS) is 27.4. The zero-order valence-electron chi connectivity index (χ0n) is 36.1. The Morgan fingerprint density at radius 2 is 1.76 bits per heavy atom. The molecule has 3 N–H and O–H groups in total. The summed E-state index contributed by atoms with van der Waals surface area (Å²) >= 11 is 0. The van der Waals surface area contributed by atoms with E-state index in [1.165, 1.54) is 6.42 Å². The summed E-state index contributed by atoms with van der Waals surface area (Å²) in [5, 5.41) is 19.7. The number of fused-ring (bicyclic) bond motifs is 2. The van der Waals surface area contributed by atoms with E-state index in [1.807, 2.05) is 87.3 Å². The number of rotatable bonds is 14. The molecule has 11 heteroatoms. The summed E-state index contributed by atoms with van der Waals surface area (Å²) in [6, 6.07) is 11.3. The van der Waals surface area contributed by atoms with Crippen LogP contribution in [0.3, 0.4) is 0 Å². The topological polar surface area (TPSA) is 110 Å². The van der Waals surface area contributed by atoms with Crippen LogP contribution in [0.15, 0.2) is 36.4 Å². The van der Waals surface area contributed by atoms with Crippen LogP contribution < -0.4 is 20.3 Å². The number of nitrogens with zero attached hydrogens (tertiary/aromatic N) is 4. The Balaban J connectivity index is 1.48. The Morgan fingerprint density at radius 3 is 2.31 bits per heavy atom. The molecule has 9 atom stereocenters. The minimum Gasteiger partial charge on any atom is -0.496 e. The molecule has 0 spiro atoms. The molecule has 3 aliphatic carbocycles. The van der Waals surface area contributed by atoms with Gasteiger partial charge in [0.05, 0.1) is 32.0 Å². The zero-order chi connectivity index (χ0) is 40.7. The minimum absolute atomic E-state index is 0.0267. The van der Waals surface area contributed by atoms with Gasteiger partial charge in [0.1, 0.15) is 11.8 Å². The highest BCUT2D eigenvalue weighted by atomic mass is 16.7. The van der Waals surface area contributed by atoms with E-state index in [0.717, 1.165) is 35.2 Å². The van der Waals surface area contributed by atoms with E-state index in [2.05, 4.69) is 58.2 Å². The first-order valence-electron chi connectivity index (χ1n) is 20.2. The molecule has 11 nitrogen and oxygen atoms in total. The average molecular weight is 763 g/mol. The first kappa shape index (κ1) is 42.9. The molecule has 0 radical (unpaired) electrons. The van der Waals surface area contributed by atoms with Gasteiger partial charge in [0.25, 0.3) is 5.91 Å². The second-order valence-corrected chi connectivity index (χ2v) is 19.2. The molecule has 2 aromatic carbocycles. The van der Waals surface area contributed by atoms with E-state index in [0.29, 0.717) is 41.0 Å². The number of hydrogen-bond acceptors (Lipinski definition) is 9. The molecule has 0 aromatic heterocycles. The highest BCUT2D eigenvalue weighted by Gasteiger charge is 2.57. The van der Waals surface area contributed by atoms with Crippen molar-refractivity contribution in [2.45, 2.75) is 105 Å². The van der Waals surface area contributed by atoms with Crippen LogP contribution in [0.4, 0.5) is 5.69 Å². The Kier molecular flexibility index (Phi) is 13.0. The van der Waals surface area contributed by atoms with Gasteiger partial charge in [-0.2, -0.15) is 5.06 Å². The van der Waals surface area contributed by atoms with Crippen LogP contribution in [0.1, 0.15) is 83.7 Å². The van der Waals surface area contributed by atoms with Gasteiger partial charge in [0.15, 0.2) is 0 Å². The predicted octanol–water partition coefficient (Wildman–Crippen LogP) is 5.71. The molecule has 6 rings (SSSR count). The molecule has 306 valence electrons. The maximum Gasteiger partial charge on any atom is 0.252 e. The summed E-state index contributed by atoms with van der Waals surface area (Å²) in [4.78, 5) is 41.1. The molecular formula is C44H70N6O5.